The Hall–Kier alpha value is -2.83. The first-order valence-electron chi connectivity index (χ1n) is 9.50. The fourth-order valence-corrected chi connectivity index (χ4v) is 3.48. The number of aryl methyl sites for hydroxylation is 2. The Morgan fingerprint density at radius 3 is 2.28 bits per heavy atom. The van der Waals surface area contributed by atoms with Crippen molar-refractivity contribution in [3.05, 3.63) is 70.3 Å². The summed E-state index contributed by atoms with van der Waals surface area (Å²) in [5, 5.41) is 2.69. The lowest BCUT2D eigenvalue weighted by Gasteiger charge is -2.32. The van der Waals surface area contributed by atoms with E-state index in [4.69, 9.17) is 0 Å². The van der Waals surface area contributed by atoms with E-state index in [0.717, 1.165) is 17.2 Å². The van der Waals surface area contributed by atoms with Gasteiger partial charge in [0.05, 0.1) is 11.1 Å². The molecule has 1 aliphatic heterocycles. The third-order valence-electron chi connectivity index (χ3n) is 5.35. The number of hydrogen-bond donors (Lipinski definition) is 1. The standard InChI is InChI=1S/C22H23F3N2O2/c1-14-7-8-16(13-15(14)2)21(29)27-11-9-17(10-12-27)26-20(28)18-5-3-4-6-19(18)22(23,24)25/h3-8,13,17H,9-12H2,1-2H3,(H,26,28). The minimum Gasteiger partial charge on any atom is -0.349 e. The van der Waals surface area contributed by atoms with Gasteiger partial charge in [-0.2, -0.15) is 13.2 Å². The molecule has 1 aliphatic rings. The zero-order valence-corrected chi connectivity index (χ0v) is 16.3. The highest BCUT2D eigenvalue weighted by Crippen LogP contribution is 2.32. The summed E-state index contributed by atoms with van der Waals surface area (Å²) < 4.78 is 39.4. The number of amides is 2. The maximum Gasteiger partial charge on any atom is 0.417 e. The SMILES string of the molecule is Cc1ccc(C(=O)N2CCC(NC(=O)c3ccccc3C(F)(F)F)CC2)cc1C. The molecule has 29 heavy (non-hydrogen) atoms. The maximum atomic E-state index is 13.1. The molecule has 0 aliphatic carbocycles. The van der Waals surface area contributed by atoms with Crippen molar-refractivity contribution in [3.63, 3.8) is 0 Å². The van der Waals surface area contributed by atoms with Crippen molar-refractivity contribution in [3.8, 4) is 0 Å². The summed E-state index contributed by atoms with van der Waals surface area (Å²) in [4.78, 5) is 26.8. The molecule has 0 atom stereocenters. The van der Waals surface area contributed by atoms with E-state index in [-0.39, 0.29) is 17.5 Å². The Kier molecular flexibility index (Phi) is 5.96. The number of rotatable bonds is 3. The topological polar surface area (TPSA) is 49.4 Å². The number of carbonyl (C=O) groups excluding carboxylic acids is 2. The number of nitrogens with one attached hydrogen (secondary N) is 1. The van der Waals surface area contributed by atoms with Crippen LogP contribution in [0, 0.1) is 13.8 Å². The molecule has 1 heterocycles. The zero-order valence-electron chi connectivity index (χ0n) is 16.3. The smallest absolute Gasteiger partial charge is 0.349 e. The zero-order chi connectivity index (χ0) is 21.2. The molecule has 2 aromatic carbocycles. The lowest BCUT2D eigenvalue weighted by molar-refractivity contribution is -0.137. The van der Waals surface area contributed by atoms with Crippen LogP contribution in [0.25, 0.3) is 0 Å². The molecule has 0 spiro atoms. The first-order valence-corrected chi connectivity index (χ1v) is 9.50. The van der Waals surface area contributed by atoms with E-state index in [1.54, 1.807) is 11.0 Å². The van der Waals surface area contributed by atoms with Crippen LogP contribution in [0.4, 0.5) is 13.2 Å². The highest BCUT2D eigenvalue weighted by Gasteiger charge is 2.35. The third-order valence-corrected chi connectivity index (χ3v) is 5.35. The molecule has 0 unspecified atom stereocenters. The van der Waals surface area contributed by atoms with Gasteiger partial charge in [-0.1, -0.05) is 18.2 Å². The number of piperidine rings is 1. The van der Waals surface area contributed by atoms with Crippen molar-refractivity contribution in [1.29, 1.82) is 0 Å². The Balaban J connectivity index is 1.61. The molecule has 0 aromatic heterocycles. The number of alkyl halides is 3. The molecule has 1 N–H and O–H groups in total. The number of halogens is 3. The molecule has 3 rings (SSSR count). The van der Waals surface area contributed by atoms with Gasteiger partial charge < -0.3 is 10.2 Å². The second-order valence-electron chi connectivity index (χ2n) is 7.38. The molecule has 7 heteroatoms. The van der Waals surface area contributed by atoms with Gasteiger partial charge in [-0.15, -0.1) is 0 Å². The first-order chi connectivity index (χ1) is 13.7. The van der Waals surface area contributed by atoms with Crippen LogP contribution in [0.15, 0.2) is 42.5 Å². The van der Waals surface area contributed by atoms with Crippen molar-refractivity contribution in [1.82, 2.24) is 10.2 Å². The van der Waals surface area contributed by atoms with Gasteiger partial charge in [-0.3, -0.25) is 9.59 Å². The van der Waals surface area contributed by atoms with Gasteiger partial charge in [0.15, 0.2) is 0 Å². The molecule has 4 nitrogen and oxygen atoms in total. The van der Waals surface area contributed by atoms with Gasteiger partial charge in [0.2, 0.25) is 0 Å². The maximum absolute atomic E-state index is 13.1. The van der Waals surface area contributed by atoms with Crippen molar-refractivity contribution in [2.45, 2.75) is 38.9 Å². The quantitative estimate of drug-likeness (QED) is 0.827. The third kappa shape index (κ3) is 4.78. The molecule has 0 bridgehead atoms. The molecule has 0 radical (unpaired) electrons. The fourth-order valence-electron chi connectivity index (χ4n) is 3.48. The average Bonchev–Trinajstić information content (AvgIpc) is 2.69. The molecule has 2 amide bonds. The summed E-state index contributed by atoms with van der Waals surface area (Å²) in [7, 11) is 0. The summed E-state index contributed by atoms with van der Waals surface area (Å²) >= 11 is 0. The Morgan fingerprint density at radius 1 is 1.00 bits per heavy atom. The summed E-state index contributed by atoms with van der Waals surface area (Å²) in [5.41, 5.74) is 1.45. The van der Waals surface area contributed by atoms with Crippen LogP contribution >= 0.6 is 0 Å². The van der Waals surface area contributed by atoms with E-state index < -0.39 is 17.6 Å². The van der Waals surface area contributed by atoms with Crippen LogP contribution in [0.5, 0.6) is 0 Å². The number of benzene rings is 2. The van der Waals surface area contributed by atoms with E-state index in [9.17, 15) is 22.8 Å². The van der Waals surface area contributed by atoms with E-state index in [1.165, 1.54) is 18.2 Å². The Morgan fingerprint density at radius 2 is 1.66 bits per heavy atom. The van der Waals surface area contributed by atoms with E-state index >= 15 is 0 Å². The van der Waals surface area contributed by atoms with Crippen molar-refractivity contribution in [2.24, 2.45) is 0 Å². The molecular formula is C22H23F3N2O2. The van der Waals surface area contributed by atoms with E-state index in [1.807, 2.05) is 26.0 Å². The van der Waals surface area contributed by atoms with Gasteiger partial charge in [0.25, 0.3) is 11.8 Å². The van der Waals surface area contributed by atoms with Crippen molar-refractivity contribution in [2.75, 3.05) is 13.1 Å². The van der Waals surface area contributed by atoms with Gasteiger partial charge in [-0.25, -0.2) is 0 Å². The Labute approximate surface area is 167 Å². The molecule has 2 aromatic rings. The van der Waals surface area contributed by atoms with Crippen LogP contribution < -0.4 is 5.32 Å². The predicted molar refractivity (Wildman–Crippen MR) is 104 cm³/mol. The van der Waals surface area contributed by atoms with Gasteiger partial charge in [0, 0.05) is 24.7 Å². The Bertz CT molecular complexity index is 917. The van der Waals surface area contributed by atoms with Crippen LogP contribution in [-0.4, -0.2) is 35.8 Å². The highest BCUT2D eigenvalue weighted by molar-refractivity contribution is 5.96. The number of carbonyl (C=O) groups is 2. The molecular weight excluding hydrogens is 381 g/mol. The average molecular weight is 404 g/mol. The summed E-state index contributed by atoms with van der Waals surface area (Å²) in [6.45, 7) is 4.82. The lowest BCUT2D eigenvalue weighted by atomic mass is 10.0. The van der Waals surface area contributed by atoms with Crippen molar-refractivity contribution < 1.29 is 22.8 Å². The van der Waals surface area contributed by atoms with Gasteiger partial charge in [-0.05, 0) is 62.1 Å². The summed E-state index contributed by atoms with van der Waals surface area (Å²) in [6, 6.07) is 10.1. The van der Waals surface area contributed by atoms with Crippen molar-refractivity contribution >= 4 is 11.8 Å². The van der Waals surface area contributed by atoms with Crippen LogP contribution in [0.2, 0.25) is 0 Å². The number of likely N-dealkylation sites (tertiary alicyclic amines) is 1. The first kappa shape index (κ1) is 20.9. The predicted octanol–water partition coefficient (Wildman–Crippen LogP) is 4.36. The van der Waals surface area contributed by atoms with Crippen LogP contribution in [0.3, 0.4) is 0 Å². The molecule has 154 valence electrons. The van der Waals surface area contributed by atoms with Crippen LogP contribution in [-0.2, 0) is 6.18 Å². The summed E-state index contributed by atoms with van der Waals surface area (Å²) in [5.74, 6) is -0.808. The lowest BCUT2D eigenvalue weighted by Crippen LogP contribution is -2.46. The number of hydrogen-bond acceptors (Lipinski definition) is 2. The van der Waals surface area contributed by atoms with Gasteiger partial charge >= 0.3 is 6.18 Å². The van der Waals surface area contributed by atoms with Crippen LogP contribution in [0.1, 0.15) is 50.2 Å². The largest absolute Gasteiger partial charge is 0.417 e. The minimum absolute atomic E-state index is 0.0692. The summed E-state index contributed by atoms with van der Waals surface area (Å²) in [6.07, 6.45) is -3.59. The molecule has 0 saturated carbocycles. The second-order valence-corrected chi connectivity index (χ2v) is 7.38. The van der Waals surface area contributed by atoms with E-state index in [0.29, 0.717) is 31.5 Å². The van der Waals surface area contributed by atoms with Gasteiger partial charge in [0.1, 0.15) is 0 Å². The second kappa shape index (κ2) is 8.27. The highest BCUT2D eigenvalue weighted by atomic mass is 19.4. The normalized spacial score (nSPS) is 15.3. The monoisotopic (exact) mass is 404 g/mol. The molecule has 1 fully saturated rings. The molecule has 1 saturated heterocycles. The minimum atomic E-state index is -4.59. The van der Waals surface area contributed by atoms with E-state index in [2.05, 4.69) is 5.32 Å². The fraction of sp³-hybridized carbons (Fsp3) is 0.364. The number of nitrogens with zero attached hydrogens (tertiary/aromatic N) is 1.